The maximum absolute atomic E-state index is 12.4. The quantitative estimate of drug-likeness (QED) is 0.609. The summed E-state index contributed by atoms with van der Waals surface area (Å²) in [5.74, 6) is 0.925. The second-order valence-electron chi connectivity index (χ2n) is 8.85. The zero-order valence-corrected chi connectivity index (χ0v) is 16.7. The summed E-state index contributed by atoms with van der Waals surface area (Å²) < 4.78 is 11.2. The van der Waals surface area contributed by atoms with Crippen LogP contribution < -0.4 is 5.32 Å². The highest BCUT2D eigenvalue weighted by Crippen LogP contribution is 2.38. The molecular weight excluding hydrogens is 332 g/mol. The van der Waals surface area contributed by atoms with Crippen molar-refractivity contribution in [1.29, 1.82) is 0 Å². The van der Waals surface area contributed by atoms with Gasteiger partial charge in [-0.25, -0.2) is 4.79 Å². The molecule has 3 rings (SSSR count). The summed E-state index contributed by atoms with van der Waals surface area (Å²) in [6.45, 7) is 10.8. The van der Waals surface area contributed by atoms with Gasteiger partial charge in [-0.15, -0.1) is 0 Å². The summed E-state index contributed by atoms with van der Waals surface area (Å²) in [6.07, 6.45) is 4.25. The normalized spacial score (nSPS) is 26.5. The topological polar surface area (TPSA) is 66.4 Å². The maximum atomic E-state index is 12.4. The van der Waals surface area contributed by atoms with Crippen molar-refractivity contribution in [2.75, 3.05) is 46.4 Å². The lowest BCUT2D eigenvalue weighted by Crippen LogP contribution is -2.46. The zero-order valence-electron chi connectivity index (χ0n) is 16.7. The molecule has 7 nitrogen and oxygen atoms in total. The Labute approximate surface area is 157 Å². The number of likely N-dealkylation sites (tertiary alicyclic amines) is 1. The average molecular weight is 367 g/mol. The lowest BCUT2D eigenvalue weighted by atomic mass is 9.87. The Morgan fingerprint density at radius 2 is 2.15 bits per heavy atom. The lowest BCUT2D eigenvalue weighted by molar-refractivity contribution is 0.0237. The number of carbonyl (C=O) groups is 1. The summed E-state index contributed by atoms with van der Waals surface area (Å²) in [6, 6.07) is 0.333. The lowest BCUT2D eigenvalue weighted by Gasteiger charge is -2.29. The molecule has 0 aromatic carbocycles. The molecule has 1 amide bonds. The Hall–Kier alpha value is -1.50. The number of hydrogen-bond donors (Lipinski definition) is 1. The Morgan fingerprint density at radius 1 is 1.38 bits per heavy atom. The van der Waals surface area contributed by atoms with Crippen LogP contribution in [-0.2, 0) is 9.47 Å². The molecule has 2 aliphatic heterocycles. The van der Waals surface area contributed by atoms with Crippen molar-refractivity contribution in [3.63, 3.8) is 0 Å². The molecule has 1 atom stereocenters. The van der Waals surface area contributed by atoms with Gasteiger partial charge in [0.05, 0.1) is 6.61 Å². The van der Waals surface area contributed by atoms with E-state index in [0.29, 0.717) is 24.5 Å². The van der Waals surface area contributed by atoms with Crippen LogP contribution in [0, 0.1) is 5.41 Å². The molecule has 1 aliphatic carbocycles. The standard InChI is InChI=1S/C19H34N4O3/c1-18(2,3)26-17(24)23(15-5-6-15)11-9-21-16(20-4)22-10-7-19(13-22)8-12-25-14-19/h15H,5-14H2,1-4H3,(H,20,21). The van der Waals surface area contributed by atoms with Crippen molar-refractivity contribution < 1.29 is 14.3 Å². The number of aliphatic imine (C=N–C) groups is 1. The molecule has 0 aromatic rings. The van der Waals surface area contributed by atoms with E-state index in [1.165, 1.54) is 6.42 Å². The molecule has 3 fully saturated rings. The van der Waals surface area contributed by atoms with E-state index >= 15 is 0 Å². The van der Waals surface area contributed by atoms with Crippen molar-refractivity contribution >= 4 is 12.1 Å². The van der Waals surface area contributed by atoms with Crippen LogP contribution >= 0.6 is 0 Å². The van der Waals surface area contributed by atoms with Gasteiger partial charge in [0, 0.05) is 51.3 Å². The predicted molar refractivity (Wildman–Crippen MR) is 101 cm³/mol. The first-order valence-electron chi connectivity index (χ1n) is 9.85. The fourth-order valence-electron chi connectivity index (χ4n) is 3.84. The van der Waals surface area contributed by atoms with E-state index in [1.54, 1.807) is 0 Å². The molecule has 26 heavy (non-hydrogen) atoms. The molecule has 0 aromatic heterocycles. The van der Waals surface area contributed by atoms with Gasteiger partial charge in [-0.1, -0.05) is 0 Å². The van der Waals surface area contributed by atoms with Gasteiger partial charge in [0.2, 0.25) is 0 Å². The number of guanidine groups is 1. The van der Waals surface area contributed by atoms with E-state index in [4.69, 9.17) is 9.47 Å². The minimum atomic E-state index is -0.457. The summed E-state index contributed by atoms with van der Waals surface area (Å²) in [4.78, 5) is 21.1. The first-order valence-corrected chi connectivity index (χ1v) is 9.85. The molecular formula is C19H34N4O3. The van der Waals surface area contributed by atoms with E-state index < -0.39 is 5.60 Å². The first-order chi connectivity index (χ1) is 12.3. The number of nitrogens with one attached hydrogen (secondary N) is 1. The van der Waals surface area contributed by atoms with Crippen molar-refractivity contribution in [2.24, 2.45) is 10.4 Å². The summed E-state index contributed by atoms with van der Waals surface area (Å²) >= 11 is 0. The Balaban J connectivity index is 1.48. The minimum absolute atomic E-state index is 0.208. The fraction of sp³-hybridized carbons (Fsp3) is 0.895. The van der Waals surface area contributed by atoms with E-state index in [0.717, 1.165) is 51.5 Å². The smallest absolute Gasteiger partial charge is 0.410 e. The summed E-state index contributed by atoms with van der Waals surface area (Å²) in [5.41, 5.74) is -0.144. The Kier molecular flexibility index (Phi) is 5.65. The van der Waals surface area contributed by atoms with Gasteiger partial charge in [-0.2, -0.15) is 0 Å². The van der Waals surface area contributed by atoms with E-state index in [1.807, 2.05) is 32.7 Å². The number of hydrogen-bond acceptors (Lipinski definition) is 4. The fourth-order valence-corrected chi connectivity index (χ4v) is 3.84. The molecule has 1 N–H and O–H groups in total. The van der Waals surface area contributed by atoms with Crippen molar-refractivity contribution in [2.45, 2.75) is 58.1 Å². The second kappa shape index (κ2) is 7.62. The monoisotopic (exact) mass is 366 g/mol. The highest BCUT2D eigenvalue weighted by atomic mass is 16.6. The number of ether oxygens (including phenoxy) is 2. The van der Waals surface area contributed by atoms with Gasteiger partial charge in [-0.05, 0) is 46.5 Å². The van der Waals surface area contributed by atoms with E-state index in [2.05, 4.69) is 15.2 Å². The summed E-state index contributed by atoms with van der Waals surface area (Å²) in [5, 5.41) is 3.43. The van der Waals surface area contributed by atoms with Crippen molar-refractivity contribution in [3.8, 4) is 0 Å². The van der Waals surface area contributed by atoms with Crippen LogP contribution in [0.1, 0.15) is 46.5 Å². The van der Waals surface area contributed by atoms with Gasteiger partial charge in [0.25, 0.3) is 0 Å². The molecule has 0 bridgehead atoms. The Morgan fingerprint density at radius 3 is 2.73 bits per heavy atom. The van der Waals surface area contributed by atoms with E-state index in [-0.39, 0.29) is 6.09 Å². The molecule has 148 valence electrons. The van der Waals surface area contributed by atoms with Crippen LogP contribution in [0.2, 0.25) is 0 Å². The van der Waals surface area contributed by atoms with Crippen LogP contribution in [0.5, 0.6) is 0 Å². The third kappa shape index (κ3) is 4.81. The van der Waals surface area contributed by atoms with Crippen LogP contribution in [-0.4, -0.2) is 79.9 Å². The molecule has 2 heterocycles. The third-order valence-corrected chi connectivity index (χ3v) is 5.39. The molecule has 1 spiro atoms. The maximum Gasteiger partial charge on any atom is 0.410 e. The van der Waals surface area contributed by atoms with E-state index in [9.17, 15) is 4.79 Å². The highest BCUT2D eigenvalue weighted by molar-refractivity contribution is 5.80. The largest absolute Gasteiger partial charge is 0.444 e. The average Bonchev–Trinajstić information content (AvgIpc) is 3.15. The van der Waals surface area contributed by atoms with Crippen LogP contribution in [0.4, 0.5) is 4.79 Å². The zero-order chi connectivity index (χ0) is 18.8. The molecule has 7 heteroatoms. The molecule has 1 saturated carbocycles. The highest BCUT2D eigenvalue weighted by Gasteiger charge is 2.42. The molecule has 0 radical (unpaired) electrons. The molecule has 1 unspecified atom stereocenters. The van der Waals surface area contributed by atoms with Crippen molar-refractivity contribution in [1.82, 2.24) is 15.1 Å². The number of amides is 1. The number of nitrogens with zero attached hydrogens (tertiary/aromatic N) is 3. The SMILES string of the molecule is CN=C(NCCN(C(=O)OC(C)(C)C)C1CC1)N1CCC2(CCOC2)C1. The van der Waals surface area contributed by atoms with Gasteiger partial charge in [0.15, 0.2) is 5.96 Å². The third-order valence-electron chi connectivity index (χ3n) is 5.39. The van der Waals surface area contributed by atoms with Gasteiger partial charge in [0.1, 0.15) is 5.60 Å². The van der Waals surface area contributed by atoms with Crippen LogP contribution in [0.25, 0.3) is 0 Å². The number of rotatable bonds is 4. The second-order valence-corrected chi connectivity index (χ2v) is 8.85. The molecule has 3 aliphatic rings. The first kappa shape index (κ1) is 19.3. The Bertz CT molecular complexity index is 533. The minimum Gasteiger partial charge on any atom is -0.444 e. The van der Waals surface area contributed by atoms with Crippen molar-refractivity contribution in [3.05, 3.63) is 0 Å². The van der Waals surface area contributed by atoms with Gasteiger partial charge >= 0.3 is 6.09 Å². The van der Waals surface area contributed by atoms with Crippen LogP contribution in [0.3, 0.4) is 0 Å². The van der Waals surface area contributed by atoms with Gasteiger partial charge < -0.3 is 24.6 Å². The number of carbonyl (C=O) groups excluding carboxylic acids is 1. The predicted octanol–water partition coefficient (Wildman–Crippen LogP) is 2.07. The van der Waals surface area contributed by atoms with Gasteiger partial charge in [-0.3, -0.25) is 4.99 Å². The van der Waals surface area contributed by atoms with Crippen LogP contribution in [0.15, 0.2) is 4.99 Å². The molecule has 2 saturated heterocycles. The summed E-state index contributed by atoms with van der Waals surface area (Å²) in [7, 11) is 1.82.